The van der Waals surface area contributed by atoms with Crippen molar-refractivity contribution in [3.63, 3.8) is 0 Å². The molecule has 0 aromatic rings. The van der Waals surface area contributed by atoms with Crippen LogP contribution < -0.4 is 5.32 Å². The van der Waals surface area contributed by atoms with Crippen molar-refractivity contribution in [2.45, 2.75) is 70.4 Å². The van der Waals surface area contributed by atoms with E-state index in [0.29, 0.717) is 0 Å². The smallest absolute Gasteiger partial charge is 0.0480 e. The highest BCUT2D eigenvalue weighted by Gasteiger charge is 2.20. The lowest BCUT2D eigenvalue weighted by Crippen LogP contribution is -2.38. The van der Waals surface area contributed by atoms with Crippen LogP contribution in [0.4, 0.5) is 0 Å². The minimum atomic E-state index is 0.723. The van der Waals surface area contributed by atoms with Crippen molar-refractivity contribution in [3.05, 3.63) is 0 Å². The second kappa shape index (κ2) is 6.61. The molecule has 94 valence electrons. The Kier molecular flexibility index (Phi) is 5.11. The van der Waals surface area contributed by atoms with Crippen LogP contribution in [-0.4, -0.2) is 25.3 Å². The number of ether oxygens (including phenoxy) is 1. The highest BCUT2D eigenvalue weighted by atomic mass is 16.5. The number of nitrogens with one attached hydrogen (secondary N) is 1. The third kappa shape index (κ3) is 4.06. The van der Waals surface area contributed by atoms with Gasteiger partial charge in [-0.05, 0) is 44.4 Å². The molecule has 1 saturated carbocycles. The second-order valence-electron chi connectivity index (χ2n) is 5.72. The standard InChI is InChI=1S/C14H27NO/c1-12-4-2-5-13(8-7-12)15-14-6-3-10-16-11-9-14/h12-15H,2-11H2,1H3. The van der Waals surface area contributed by atoms with Crippen LogP contribution in [0, 0.1) is 5.92 Å². The molecule has 0 bridgehead atoms. The zero-order valence-electron chi connectivity index (χ0n) is 10.7. The Morgan fingerprint density at radius 1 is 0.812 bits per heavy atom. The molecule has 0 aromatic carbocycles. The van der Waals surface area contributed by atoms with Crippen molar-refractivity contribution in [2.24, 2.45) is 5.92 Å². The predicted octanol–water partition coefficient (Wildman–Crippen LogP) is 3.11. The van der Waals surface area contributed by atoms with E-state index in [2.05, 4.69) is 12.2 Å². The van der Waals surface area contributed by atoms with Gasteiger partial charge in [-0.2, -0.15) is 0 Å². The van der Waals surface area contributed by atoms with Gasteiger partial charge in [0, 0.05) is 25.3 Å². The van der Waals surface area contributed by atoms with Gasteiger partial charge in [0.05, 0.1) is 0 Å². The molecule has 2 nitrogen and oxygen atoms in total. The van der Waals surface area contributed by atoms with Gasteiger partial charge in [-0.1, -0.05) is 19.8 Å². The normalized spacial score (nSPS) is 37.7. The Morgan fingerprint density at radius 3 is 2.56 bits per heavy atom. The highest BCUT2D eigenvalue weighted by molar-refractivity contribution is 4.78. The highest BCUT2D eigenvalue weighted by Crippen LogP contribution is 2.23. The molecule has 0 spiro atoms. The van der Waals surface area contributed by atoms with Crippen LogP contribution in [0.3, 0.4) is 0 Å². The Morgan fingerprint density at radius 2 is 1.62 bits per heavy atom. The molecular weight excluding hydrogens is 198 g/mol. The minimum Gasteiger partial charge on any atom is -0.381 e. The SMILES string of the molecule is CC1CCCC(NC2CCCOCC2)CC1. The van der Waals surface area contributed by atoms with Crippen molar-refractivity contribution < 1.29 is 4.74 Å². The molecule has 2 rings (SSSR count). The monoisotopic (exact) mass is 225 g/mol. The first-order chi connectivity index (χ1) is 7.84. The van der Waals surface area contributed by atoms with Crippen molar-refractivity contribution in [1.82, 2.24) is 5.32 Å². The predicted molar refractivity (Wildman–Crippen MR) is 67.6 cm³/mol. The molecule has 2 aliphatic rings. The summed E-state index contributed by atoms with van der Waals surface area (Å²) in [5.41, 5.74) is 0. The second-order valence-corrected chi connectivity index (χ2v) is 5.72. The van der Waals surface area contributed by atoms with E-state index in [4.69, 9.17) is 4.74 Å². The van der Waals surface area contributed by atoms with E-state index in [9.17, 15) is 0 Å². The summed E-state index contributed by atoms with van der Waals surface area (Å²) in [5.74, 6) is 0.948. The third-order valence-corrected chi connectivity index (χ3v) is 4.18. The Balaban J connectivity index is 1.74. The quantitative estimate of drug-likeness (QED) is 0.729. The topological polar surface area (TPSA) is 21.3 Å². The zero-order valence-corrected chi connectivity index (χ0v) is 10.7. The molecule has 0 radical (unpaired) electrons. The molecule has 1 heterocycles. The number of hydrogen-bond donors (Lipinski definition) is 1. The fraction of sp³-hybridized carbons (Fsp3) is 1.00. The van der Waals surface area contributed by atoms with Crippen LogP contribution in [0.2, 0.25) is 0 Å². The Labute approximate surface area is 100 Å². The van der Waals surface area contributed by atoms with Gasteiger partial charge in [0.25, 0.3) is 0 Å². The van der Waals surface area contributed by atoms with Crippen LogP contribution in [0.15, 0.2) is 0 Å². The molecule has 0 amide bonds. The average Bonchev–Trinajstić information content (AvgIpc) is 2.63. The first-order valence-corrected chi connectivity index (χ1v) is 7.18. The van der Waals surface area contributed by atoms with Gasteiger partial charge in [-0.3, -0.25) is 0 Å². The van der Waals surface area contributed by atoms with Crippen LogP contribution >= 0.6 is 0 Å². The fourth-order valence-electron chi connectivity index (χ4n) is 3.06. The van der Waals surface area contributed by atoms with Gasteiger partial charge in [-0.25, -0.2) is 0 Å². The summed E-state index contributed by atoms with van der Waals surface area (Å²) in [6, 6.07) is 1.51. The molecule has 2 heteroatoms. The molecule has 1 aliphatic heterocycles. The summed E-state index contributed by atoms with van der Waals surface area (Å²) >= 11 is 0. The first-order valence-electron chi connectivity index (χ1n) is 7.18. The zero-order chi connectivity index (χ0) is 11.2. The fourth-order valence-corrected chi connectivity index (χ4v) is 3.06. The average molecular weight is 225 g/mol. The van der Waals surface area contributed by atoms with Crippen molar-refractivity contribution in [3.8, 4) is 0 Å². The minimum absolute atomic E-state index is 0.723. The van der Waals surface area contributed by atoms with Gasteiger partial charge in [0.1, 0.15) is 0 Å². The molecule has 2 fully saturated rings. The maximum Gasteiger partial charge on any atom is 0.0480 e. The summed E-state index contributed by atoms with van der Waals surface area (Å²) in [6.45, 7) is 4.34. The Bertz CT molecular complexity index is 187. The van der Waals surface area contributed by atoms with E-state index >= 15 is 0 Å². The van der Waals surface area contributed by atoms with E-state index in [1.54, 1.807) is 0 Å². The number of rotatable bonds is 2. The lowest BCUT2D eigenvalue weighted by Gasteiger charge is -2.23. The molecule has 1 N–H and O–H groups in total. The molecule has 3 atom stereocenters. The lowest BCUT2D eigenvalue weighted by molar-refractivity contribution is 0.142. The van der Waals surface area contributed by atoms with Crippen LogP contribution in [0.1, 0.15) is 58.3 Å². The van der Waals surface area contributed by atoms with E-state index < -0.39 is 0 Å². The van der Waals surface area contributed by atoms with Gasteiger partial charge in [-0.15, -0.1) is 0 Å². The van der Waals surface area contributed by atoms with Gasteiger partial charge in [0.2, 0.25) is 0 Å². The summed E-state index contributed by atoms with van der Waals surface area (Å²) in [4.78, 5) is 0. The molecule has 1 aliphatic carbocycles. The van der Waals surface area contributed by atoms with Crippen LogP contribution in [-0.2, 0) is 4.74 Å². The maximum absolute atomic E-state index is 5.52. The first kappa shape index (κ1) is 12.4. The molecule has 16 heavy (non-hydrogen) atoms. The van der Waals surface area contributed by atoms with E-state index in [1.165, 1.54) is 51.4 Å². The summed E-state index contributed by atoms with van der Waals surface area (Å²) < 4.78 is 5.52. The van der Waals surface area contributed by atoms with Gasteiger partial charge in [0.15, 0.2) is 0 Å². The lowest BCUT2D eigenvalue weighted by atomic mass is 10.0. The van der Waals surface area contributed by atoms with E-state index in [-0.39, 0.29) is 0 Å². The van der Waals surface area contributed by atoms with Gasteiger partial charge < -0.3 is 10.1 Å². The van der Waals surface area contributed by atoms with Crippen LogP contribution in [0.25, 0.3) is 0 Å². The Hall–Kier alpha value is -0.0800. The maximum atomic E-state index is 5.52. The van der Waals surface area contributed by atoms with Crippen molar-refractivity contribution in [1.29, 1.82) is 0 Å². The summed E-state index contributed by atoms with van der Waals surface area (Å²) in [6.07, 6.45) is 10.8. The number of hydrogen-bond acceptors (Lipinski definition) is 2. The van der Waals surface area contributed by atoms with Gasteiger partial charge >= 0.3 is 0 Å². The summed E-state index contributed by atoms with van der Waals surface area (Å²) in [7, 11) is 0. The van der Waals surface area contributed by atoms with Crippen LogP contribution in [0.5, 0.6) is 0 Å². The third-order valence-electron chi connectivity index (χ3n) is 4.18. The molecule has 3 unspecified atom stereocenters. The van der Waals surface area contributed by atoms with Crippen molar-refractivity contribution in [2.75, 3.05) is 13.2 Å². The largest absolute Gasteiger partial charge is 0.381 e. The van der Waals surface area contributed by atoms with Crippen molar-refractivity contribution >= 4 is 0 Å². The molecular formula is C14H27NO. The van der Waals surface area contributed by atoms with E-state index in [1.807, 2.05) is 0 Å². The molecule has 0 aromatic heterocycles. The van der Waals surface area contributed by atoms with E-state index in [0.717, 1.165) is 31.2 Å². The summed E-state index contributed by atoms with van der Waals surface area (Å²) in [5, 5.41) is 3.88. The molecule has 1 saturated heterocycles.